The van der Waals surface area contributed by atoms with Gasteiger partial charge in [-0.3, -0.25) is 14.6 Å². The maximum Gasteiger partial charge on any atom is 0.309 e. The fraction of sp³-hybridized carbons (Fsp3) is 0.517. The molecule has 0 unspecified atom stereocenters. The molecular formula is C29H36BrN3O4. The summed E-state index contributed by atoms with van der Waals surface area (Å²) in [5.74, 6) is -0.723. The number of nitrogens with zero attached hydrogens (tertiary/aromatic N) is 2. The van der Waals surface area contributed by atoms with E-state index in [1.54, 1.807) is 24.4 Å². The summed E-state index contributed by atoms with van der Waals surface area (Å²) in [5, 5.41) is 17.6. The Hall–Kier alpha value is -2.74. The molecule has 0 saturated heterocycles. The van der Waals surface area contributed by atoms with Crippen molar-refractivity contribution in [2.75, 3.05) is 13.2 Å². The molecule has 1 aromatic heterocycles. The number of hydrogen-bond donors (Lipinski definition) is 2. The van der Waals surface area contributed by atoms with Gasteiger partial charge in [-0.25, -0.2) is 0 Å². The maximum absolute atomic E-state index is 12.5. The Balaban J connectivity index is 1.55. The van der Waals surface area contributed by atoms with E-state index in [1.165, 1.54) is 5.56 Å². The Bertz CT molecular complexity index is 1200. The SMILES string of the molecule is CC(C)c1cc2c(cc1Br)[C@@]1(C)CCC[C@@](C)(C(=O)O)[C@@H]1C/C2=N\OCCCNC(=O)c1ccccn1. The van der Waals surface area contributed by atoms with Crippen molar-refractivity contribution in [2.24, 2.45) is 16.5 Å². The summed E-state index contributed by atoms with van der Waals surface area (Å²) < 4.78 is 1.05. The van der Waals surface area contributed by atoms with Crippen LogP contribution in [0.2, 0.25) is 0 Å². The van der Waals surface area contributed by atoms with E-state index in [1.807, 2.05) is 6.92 Å². The van der Waals surface area contributed by atoms with Gasteiger partial charge in [-0.05, 0) is 78.8 Å². The number of nitrogens with one attached hydrogen (secondary N) is 1. The molecular weight excluding hydrogens is 534 g/mol. The molecule has 0 spiro atoms. The van der Waals surface area contributed by atoms with Crippen molar-refractivity contribution < 1.29 is 19.5 Å². The molecule has 1 aromatic carbocycles. The van der Waals surface area contributed by atoms with Gasteiger partial charge in [0.1, 0.15) is 12.3 Å². The zero-order valence-corrected chi connectivity index (χ0v) is 23.6. The summed E-state index contributed by atoms with van der Waals surface area (Å²) in [6.45, 7) is 9.22. The Morgan fingerprint density at radius 3 is 2.73 bits per heavy atom. The van der Waals surface area contributed by atoms with Crippen LogP contribution in [0.4, 0.5) is 0 Å². The van der Waals surface area contributed by atoms with Gasteiger partial charge in [0.2, 0.25) is 0 Å². The molecule has 0 radical (unpaired) electrons. The summed E-state index contributed by atoms with van der Waals surface area (Å²) in [7, 11) is 0. The highest BCUT2D eigenvalue weighted by atomic mass is 79.9. The fourth-order valence-corrected chi connectivity index (χ4v) is 6.89. The minimum Gasteiger partial charge on any atom is -0.481 e. The van der Waals surface area contributed by atoms with Crippen LogP contribution < -0.4 is 5.32 Å². The molecule has 8 heteroatoms. The molecule has 2 aromatic rings. The average Bonchev–Trinajstić information content (AvgIpc) is 2.86. The zero-order chi connectivity index (χ0) is 26.8. The Labute approximate surface area is 227 Å². The second-order valence-electron chi connectivity index (χ2n) is 11.0. The van der Waals surface area contributed by atoms with Crippen molar-refractivity contribution in [2.45, 2.75) is 71.1 Å². The van der Waals surface area contributed by atoms with Gasteiger partial charge in [-0.1, -0.05) is 54.3 Å². The Morgan fingerprint density at radius 2 is 2.05 bits per heavy atom. The molecule has 1 saturated carbocycles. The van der Waals surface area contributed by atoms with Crippen LogP contribution >= 0.6 is 15.9 Å². The van der Waals surface area contributed by atoms with Gasteiger partial charge in [0.15, 0.2) is 0 Å². The molecule has 2 aliphatic rings. The molecule has 2 aliphatic carbocycles. The van der Waals surface area contributed by atoms with E-state index >= 15 is 0 Å². The number of carboxylic acid groups (broad SMARTS) is 1. The van der Waals surface area contributed by atoms with Gasteiger partial charge < -0.3 is 15.3 Å². The Kier molecular flexibility index (Phi) is 8.07. The van der Waals surface area contributed by atoms with Crippen LogP contribution in [0.3, 0.4) is 0 Å². The molecule has 7 nitrogen and oxygen atoms in total. The molecule has 1 fully saturated rings. The fourth-order valence-electron chi connectivity index (χ4n) is 6.09. The first-order valence-electron chi connectivity index (χ1n) is 13.0. The first-order valence-corrected chi connectivity index (χ1v) is 13.8. The number of hydrogen-bond acceptors (Lipinski definition) is 5. The largest absolute Gasteiger partial charge is 0.481 e. The summed E-state index contributed by atoms with van der Waals surface area (Å²) in [6, 6.07) is 9.61. The van der Waals surface area contributed by atoms with Gasteiger partial charge in [-0.15, -0.1) is 0 Å². The van der Waals surface area contributed by atoms with E-state index in [-0.39, 0.29) is 17.2 Å². The van der Waals surface area contributed by atoms with Crippen LogP contribution in [-0.4, -0.2) is 40.8 Å². The monoisotopic (exact) mass is 569 g/mol. The number of rotatable bonds is 8. The van der Waals surface area contributed by atoms with E-state index < -0.39 is 11.4 Å². The summed E-state index contributed by atoms with van der Waals surface area (Å²) in [4.78, 5) is 34.4. The van der Waals surface area contributed by atoms with Crippen LogP contribution in [0.1, 0.15) is 92.9 Å². The van der Waals surface area contributed by atoms with Gasteiger partial charge in [0.05, 0.1) is 11.1 Å². The molecule has 37 heavy (non-hydrogen) atoms. The van der Waals surface area contributed by atoms with Crippen LogP contribution in [0, 0.1) is 11.3 Å². The van der Waals surface area contributed by atoms with E-state index in [2.05, 4.69) is 64.3 Å². The van der Waals surface area contributed by atoms with Crippen LogP contribution in [0.25, 0.3) is 0 Å². The molecule has 1 amide bonds. The van der Waals surface area contributed by atoms with Crippen molar-refractivity contribution in [1.82, 2.24) is 10.3 Å². The normalized spacial score (nSPS) is 25.9. The number of aromatic nitrogens is 1. The number of halogens is 1. The lowest BCUT2D eigenvalue weighted by Crippen LogP contribution is -2.53. The predicted octanol–water partition coefficient (Wildman–Crippen LogP) is 6.06. The number of carboxylic acids is 1. The lowest BCUT2D eigenvalue weighted by molar-refractivity contribution is -0.156. The third kappa shape index (κ3) is 5.31. The van der Waals surface area contributed by atoms with Gasteiger partial charge in [0, 0.05) is 29.2 Å². The summed E-state index contributed by atoms with van der Waals surface area (Å²) >= 11 is 3.78. The Morgan fingerprint density at radius 1 is 1.27 bits per heavy atom. The highest BCUT2D eigenvalue weighted by Gasteiger charge is 2.56. The highest BCUT2D eigenvalue weighted by molar-refractivity contribution is 9.10. The highest BCUT2D eigenvalue weighted by Crippen LogP contribution is 2.58. The number of carbonyl (C=O) groups excluding carboxylic acids is 1. The number of pyridine rings is 1. The smallest absolute Gasteiger partial charge is 0.309 e. The maximum atomic E-state index is 12.5. The van der Waals surface area contributed by atoms with E-state index in [0.717, 1.165) is 34.2 Å². The van der Waals surface area contributed by atoms with E-state index in [4.69, 9.17) is 4.84 Å². The number of benzene rings is 1. The first-order chi connectivity index (χ1) is 17.6. The van der Waals surface area contributed by atoms with Crippen LogP contribution in [0.5, 0.6) is 0 Å². The zero-order valence-electron chi connectivity index (χ0n) is 22.0. The van der Waals surface area contributed by atoms with Crippen molar-refractivity contribution in [1.29, 1.82) is 0 Å². The number of fused-ring (bicyclic) bond motifs is 3. The lowest BCUT2D eigenvalue weighted by atomic mass is 9.49. The number of aliphatic carboxylic acids is 1. The number of oxime groups is 1. The number of carbonyl (C=O) groups is 2. The summed E-state index contributed by atoms with van der Waals surface area (Å²) in [6.07, 6.45) is 5.23. The van der Waals surface area contributed by atoms with E-state index in [9.17, 15) is 14.7 Å². The minimum atomic E-state index is -0.829. The van der Waals surface area contributed by atoms with Crippen LogP contribution in [-0.2, 0) is 15.0 Å². The van der Waals surface area contributed by atoms with Crippen molar-refractivity contribution in [3.63, 3.8) is 0 Å². The molecule has 0 bridgehead atoms. The predicted molar refractivity (Wildman–Crippen MR) is 147 cm³/mol. The second-order valence-corrected chi connectivity index (χ2v) is 11.9. The van der Waals surface area contributed by atoms with Gasteiger partial charge >= 0.3 is 5.97 Å². The minimum absolute atomic E-state index is 0.0874. The molecule has 3 atom stereocenters. The molecule has 1 heterocycles. The topological polar surface area (TPSA) is 101 Å². The molecule has 0 aliphatic heterocycles. The molecule has 2 N–H and O–H groups in total. The summed E-state index contributed by atoms with van der Waals surface area (Å²) in [5.41, 5.74) is 3.51. The first kappa shape index (κ1) is 27.3. The number of amides is 1. The third-order valence-electron chi connectivity index (χ3n) is 8.27. The van der Waals surface area contributed by atoms with Crippen molar-refractivity contribution in [3.05, 3.63) is 63.4 Å². The second kappa shape index (κ2) is 10.9. The average molecular weight is 571 g/mol. The van der Waals surface area contributed by atoms with Crippen molar-refractivity contribution >= 4 is 33.5 Å². The molecule has 198 valence electrons. The lowest BCUT2D eigenvalue weighted by Gasteiger charge is -2.53. The van der Waals surface area contributed by atoms with Gasteiger partial charge in [-0.2, -0.15) is 0 Å². The molecule has 4 rings (SSSR count). The van der Waals surface area contributed by atoms with Crippen molar-refractivity contribution in [3.8, 4) is 0 Å². The van der Waals surface area contributed by atoms with E-state index in [0.29, 0.717) is 44.0 Å². The standard InChI is InChI=1S/C29H36BrN3O4/c1-18(2)19-15-20-21(16-22(19)30)28(3)10-7-11-29(4,27(35)36)25(28)17-24(20)33-37-14-8-13-32-26(34)23-9-5-6-12-31-23/h5-6,9,12,15-16,18,25H,7-8,10-11,13-14,17H2,1-4H3,(H,32,34)(H,35,36)/b33-24+/t25-,28-,29-/m1/s1. The van der Waals surface area contributed by atoms with Gasteiger partial charge in [0.25, 0.3) is 5.91 Å². The third-order valence-corrected chi connectivity index (χ3v) is 8.96. The van der Waals surface area contributed by atoms with Crippen LogP contribution in [0.15, 0.2) is 46.2 Å². The quantitative estimate of drug-likeness (QED) is 0.297.